The summed E-state index contributed by atoms with van der Waals surface area (Å²) in [7, 11) is 0. The van der Waals surface area contributed by atoms with Crippen LogP contribution < -0.4 is 4.74 Å². The lowest BCUT2D eigenvalue weighted by Gasteiger charge is -2.08. The van der Waals surface area contributed by atoms with Gasteiger partial charge in [-0.05, 0) is 29.8 Å². The number of carbonyl (C=O) groups excluding carboxylic acids is 1. The average molecular weight is 409 g/mol. The van der Waals surface area contributed by atoms with Crippen molar-refractivity contribution in [2.24, 2.45) is 0 Å². The van der Waals surface area contributed by atoms with Crippen LogP contribution in [0.3, 0.4) is 0 Å². The highest BCUT2D eigenvalue weighted by Crippen LogP contribution is 2.20. The molecule has 0 aliphatic carbocycles. The summed E-state index contributed by atoms with van der Waals surface area (Å²) >= 11 is 0. The molecule has 0 saturated heterocycles. The minimum absolute atomic E-state index is 0.0677. The molecule has 0 spiro atoms. The van der Waals surface area contributed by atoms with Crippen LogP contribution in [0, 0.1) is 32.8 Å². The Morgan fingerprint density at radius 1 is 1.03 bits per heavy atom. The predicted molar refractivity (Wildman–Crippen MR) is 113 cm³/mol. The van der Waals surface area contributed by atoms with Gasteiger partial charge in [0, 0.05) is 23.3 Å². The van der Waals surface area contributed by atoms with Crippen molar-refractivity contribution in [3.05, 3.63) is 111 Å². The lowest BCUT2D eigenvalue weighted by Crippen LogP contribution is -2.03. The molecule has 7 nitrogen and oxygen atoms in total. The molecule has 0 unspecified atom stereocenters. The molecule has 0 aromatic heterocycles. The van der Waals surface area contributed by atoms with E-state index in [1.807, 2.05) is 18.2 Å². The van der Waals surface area contributed by atoms with Crippen molar-refractivity contribution in [3.63, 3.8) is 0 Å². The molecule has 150 valence electrons. The summed E-state index contributed by atoms with van der Waals surface area (Å²) in [5, 5.41) is 29.4. The molecule has 0 bridgehead atoms. The Morgan fingerprint density at radius 3 is 2.45 bits per heavy atom. The number of ether oxygens (including phenoxy) is 1. The van der Waals surface area contributed by atoms with Gasteiger partial charge in [0.05, 0.1) is 16.6 Å². The second kappa shape index (κ2) is 9.64. The molecule has 0 amide bonds. The number of rotatable bonds is 7. The molecular weight excluding hydrogens is 394 g/mol. The first-order valence-corrected chi connectivity index (χ1v) is 9.13. The maximum atomic E-state index is 12.6. The summed E-state index contributed by atoms with van der Waals surface area (Å²) in [6.07, 6.45) is 1.41. The van der Waals surface area contributed by atoms with Crippen LogP contribution in [0.5, 0.6) is 5.75 Å². The van der Waals surface area contributed by atoms with E-state index in [0.29, 0.717) is 16.9 Å². The Balaban J connectivity index is 1.74. The summed E-state index contributed by atoms with van der Waals surface area (Å²) < 4.78 is 5.71. The maximum Gasteiger partial charge on any atom is 0.270 e. The molecule has 0 atom stereocenters. The zero-order valence-corrected chi connectivity index (χ0v) is 16.2. The predicted octanol–water partition coefficient (Wildman–Crippen LogP) is 4.84. The van der Waals surface area contributed by atoms with Gasteiger partial charge in [-0.25, -0.2) is 0 Å². The molecule has 0 radical (unpaired) electrons. The molecule has 0 saturated carbocycles. The number of allylic oxidation sites excluding steroid dienone is 1. The number of hydrogen-bond acceptors (Lipinski definition) is 6. The molecule has 3 rings (SSSR count). The highest BCUT2D eigenvalue weighted by Gasteiger charge is 2.15. The number of nitrogens with zero attached hydrogens (tertiary/aromatic N) is 3. The van der Waals surface area contributed by atoms with Gasteiger partial charge in [-0.2, -0.15) is 10.5 Å². The Bertz CT molecular complexity index is 1250. The number of benzene rings is 3. The molecule has 7 heteroatoms. The van der Waals surface area contributed by atoms with Crippen molar-refractivity contribution in [1.29, 1.82) is 10.5 Å². The SMILES string of the molecule is N#C/C(=C\c1ccc(OCc2ccccc2C#N)cc1)C(=O)c1cccc([N+](=O)[O-])c1. The van der Waals surface area contributed by atoms with Crippen LogP contribution in [0.2, 0.25) is 0 Å². The van der Waals surface area contributed by atoms with Crippen LogP contribution in [-0.2, 0) is 6.61 Å². The van der Waals surface area contributed by atoms with Gasteiger partial charge in [0.25, 0.3) is 5.69 Å². The van der Waals surface area contributed by atoms with Gasteiger partial charge in [0.1, 0.15) is 24.0 Å². The molecule has 0 fully saturated rings. The number of ketones is 1. The van der Waals surface area contributed by atoms with E-state index in [1.165, 1.54) is 24.3 Å². The topological polar surface area (TPSA) is 117 Å². The van der Waals surface area contributed by atoms with Gasteiger partial charge >= 0.3 is 0 Å². The summed E-state index contributed by atoms with van der Waals surface area (Å²) in [6, 6.07) is 23.1. The third kappa shape index (κ3) is 5.20. The standard InChI is InChI=1S/C24H15N3O4/c25-14-19-4-1-2-5-20(19)16-31-23-10-8-17(9-11-23)12-21(15-26)24(28)18-6-3-7-22(13-18)27(29)30/h1-13H,16H2/b21-12+. The number of nitriles is 2. The Morgan fingerprint density at radius 2 is 1.77 bits per heavy atom. The van der Waals surface area contributed by atoms with Crippen molar-refractivity contribution in [2.45, 2.75) is 6.61 Å². The third-order valence-corrected chi connectivity index (χ3v) is 4.41. The van der Waals surface area contributed by atoms with Crippen LogP contribution in [0.25, 0.3) is 6.08 Å². The molecule has 3 aromatic carbocycles. The van der Waals surface area contributed by atoms with Crippen molar-refractivity contribution < 1.29 is 14.5 Å². The first-order valence-electron chi connectivity index (χ1n) is 9.13. The lowest BCUT2D eigenvalue weighted by atomic mass is 10.0. The molecule has 0 aliphatic rings. The Hall–Kier alpha value is -4.75. The number of Topliss-reactive ketones (excluding diaryl/α,β-unsaturated/α-hetero) is 1. The van der Waals surface area contributed by atoms with Crippen LogP contribution in [-0.4, -0.2) is 10.7 Å². The lowest BCUT2D eigenvalue weighted by molar-refractivity contribution is -0.384. The smallest absolute Gasteiger partial charge is 0.270 e. The normalized spacial score (nSPS) is 10.6. The van der Waals surface area contributed by atoms with Gasteiger partial charge in [0.15, 0.2) is 0 Å². The third-order valence-electron chi connectivity index (χ3n) is 4.41. The van der Waals surface area contributed by atoms with Gasteiger partial charge in [-0.1, -0.05) is 42.5 Å². The van der Waals surface area contributed by atoms with Gasteiger partial charge in [0.2, 0.25) is 5.78 Å². The molecular formula is C24H15N3O4. The van der Waals surface area contributed by atoms with E-state index in [2.05, 4.69) is 6.07 Å². The second-order valence-corrected chi connectivity index (χ2v) is 6.43. The highest BCUT2D eigenvalue weighted by molar-refractivity contribution is 6.14. The summed E-state index contributed by atoms with van der Waals surface area (Å²) in [6.45, 7) is 0.230. The van der Waals surface area contributed by atoms with Crippen molar-refractivity contribution >= 4 is 17.5 Å². The first-order chi connectivity index (χ1) is 15.0. The zero-order chi connectivity index (χ0) is 22.2. The molecule has 0 aliphatic heterocycles. The molecule has 31 heavy (non-hydrogen) atoms. The molecule has 0 heterocycles. The van der Waals surface area contributed by atoms with E-state index in [9.17, 15) is 20.2 Å². The highest BCUT2D eigenvalue weighted by atomic mass is 16.6. The van der Waals surface area contributed by atoms with Crippen LogP contribution in [0.1, 0.15) is 27.0 Å². The van der Waals surface area contributed by atoms with Crippen LogP contribution in [0.15, 0.2) is 78.4 Å². The number of nitro groups is 1. The van der Waals surface area contributed by atoms with E-state index in [-0.39, 0.29) is 23.4 Å². The largest absolute Gasteiger partial charge is 0.489 e. The fourth-order valence-corrected chi connectivity index (χ4v) is 2.81. The van der Waals surface area contributed by atoms with Gasteiger partial charge < -0.3 is 4.74 Å². The van der Waals surface area contributed by atoms with E-state index >= 15 is 0 Å². The monoisotopic (exact) mass is 409 g/mol. The molecule has 3 aromatic rings. The Kier molecular flexibility index (Phi) is 6.52. The van der Waals surface area contributed by atoms with E-state index in [0.717, 1.165) is 11.6 Å². The quantitative estimate of drug-likeness (QED) is 0.181. The fourth-order valence-electron chi connectivity index (χ4n) is 2.81. The zero-order valence-electron chi connectivity index (χ0n) is 16.2. The van der Waals surface area contributed by atoms with E-state index in [4.69, 9.17) is 10.00 Å². The van der Waals surface area contributed by atoms with Crippen molar-refractivity contribution in [3.8, 4) is 17.9 Å². The number of non-ortho nitro benzene ring substituents is 1. The van der Waals surface area contributed by atoms with Crippen molar-refractivity contribution in [2.75, 3.05) is 0 Å². The van der Waals surface area contributed by atoms with Gasteiger partial charge in [-0.3, -0.25) is 14.9 Å². The van der Waals surface area contributed by atoms with Gasteiger partial charge in [-0.15, -0.1) is 0 Å². The number of hydrogen-bond donors (Lipinski definition) is 0. The Labute approximate surface area is 178 Å². The summed E-state index contributed by atoms with van der Waals surface area (Å²) in [4.78, 5) is 22.9. The van der Waals surface area contributed by atoms with E-state index in [1.54, 1.807) is 36.4 Å². The van der Waals surface area contributed by atoms with E-state index < -0.39 is 10.7 Å². The van der Waals surface area contributed by atoms with Crippen LogP contribution >= 0.6 is 0 Å². The number of carbonyl (C=O) groups is 1. The average Bonchev–Trinajstić information content (AvgIpc) is 2.81. The second-order valence-electron chi connectivity index (χ2n) is 6.43. The minimum Gasteiger partial charge on any atom is -0.489 e. The first kappa shape index (κ1) is 21.0. The minimum atomic E-state index is -0.598. The van der Waals surface area contributed by atoms with Crippen LogP contribution in [0.4, 0.5) is 5.69 Å². The number of nitro benzene ring substituents is 1. The summed E-state index contributed by atoms with van der Waals surface area (Å²) in [5.74, 6) is -0.0342. The molecule has 0 N–H and O–H groups in total. The fraction of sp³-hybridized carbons (Fsp3) is 0.0417. The maximum absolute atomic E-state index is 12.6. The van der Waals surface area contributed by atoms with Crippen molar-refractivity contribution in [1.82, 2.24) is 0 Å². The summed E-state index contributed by atoms with van der Waals surface area (Å²) in [5.41, 5.74) is 1.61.